The maximum Gasteiger partial charge on any atom is 0.306 e. The average molecular weight is 724 g/mol. The van der Waals surface area contributed by atoms with Crippen molar-refractivity contribution in [3.8, 4) is 0 Å². The Hall–Kier alpha value is -1.44. The van der Waals surface area contributed by atoms with E-state index < -0.39 is 0 Å². The van der Waals surface area contributed by atoms with E-state index in [0.717, 1.165) is 83.9 Å². The van der Waals surface area contributed by atoms with Crippen LogP contribution in [0.1, 0.15) is 207 Å². The highest BCUT2D eigenvalue weighted by Gasteiger charge is 2.14. The Morgan fingerprint density at radius 3 is 1.57 bits per heavy atom. The fraction of sp³-hybridized carbons (Fsp3) is 0.909. The number of hydrogen-bond acceptors (Lipinski definition) is 7. The summed E-state index contributed by atoms with van der Waals surface area (Å²) < 4.78 is 16.9. The molecule has 0 unspecified atom stereocenters. The molecule has 0 heterocycles. The molecule has 51 heavy (non-hydrogen) atoms. The number of aliphatic hydroxyl groups is 1. The second-order valence-electron chi connectivity index (χ2n) is 14.8. The van der Waals surface area contributed by atoms with Crippen LogP contribution in [0.3, 0.4) is 0 Å². The van der Waals surface area contributed by atoms with Gasteiger partial charge in [0.1, 0.15) is 12.7 Å². The molecule has 7 nitrogen and oxygen atoms in total. The van der Waals surface area contributed by atoms with E-state index >= 15 is 0 Å². The van der Waals surface area contributed by atoms with Crippen molar-refractivity contribution in [2.75, 3.05) is 46.1 Å². The fourth-order valence-electron chi connectivity index (χ4n) is 6.51. The Balaban J connectivity index is 3.99. The first-order valence-corrected chi connectivity index (χ1v) is 22.0. The van der Waals surface area contributed by atoms with Crippen LogP contribution in [-0.2, 0) is 23.8 Å². The predicted octanol–water partition coefficient (Wildman–Crippen LogP) is 11.7. The summed E-state index contributed by atoms with van der Waals surface area (Å²) >= 11 is 0. The number of nitrogens with zero attached hydrogens (tertiary/aromatic N) is 1. The summed E-state index contributed by atoms with van der Waals surface area (Å²) in [5, 5.41) is 9.52. The highest BCUT2D eigenvalue weighted by atomic mass is 16.5. The van der Waals surface area contributed by atoms with Gasteiger partial charge < -0.3 is 24.2 Å². The number of aliphatic hydroxyl groups excluding tert-OH is 1. The average Bonchev–Trinajstić information content (AvgIpc) is 3.12. The molecule has 0 spiro atoms. The molecule has 0 aromatic rings. The number of carbonyl (C=O) groups excluding carboxylic acids is 2. The standard InChI is InChI=1S/C44H85NO6/c1-4-7-10-13-17-22-31-42(32-23-18-14-11-8-5-2)51-44(48)34-24-19-16-20-26-35-45(37-38-46)36-27-25-33-43(47)50-41-30-29-40-49-39-28-21-15-12-9-6-3/h29-30,42,46H,4-28,31-41H2,1-3H3/b30-29-. The fourth-order valence-corrected chi connectivity index (χ4v) is 6.51. The Morgan fingerprint density at radius 2 is 0.980 bits per heavy atom. The molecule has 0 aliphatic rings. The smallest absolute Gasteiger partial charge is 0.306 e. The molecule has 0 aromatic carbocycles. The molecule has 0 amide bonds. The molecule has 0 atom stereocenters. The Kier molecular flexibility index (Phi) is 40.2. The van der Waals surface area contributed by atoms with Gasteiger partial charge in [-0.1, -0.05) is 142 Å². The van der Waals surface area contributed by atoms with Crippen LogP contribution >= 0.6 is 0 Å². The molecule has 0 saturated carbocycles. The van der Waals surface area contributed by atoms with Crippen molar-refractivity contribution in [2.45, 2.75) is 213 Å². The third kappa shape index (κ3) is 38.1. The number of hydrogen-bond donors (Lipinski definition) is 1. The normalized spacial score (nSPS) is 11.7. The predicted molar refractivity (Wildman–Crippen MR) is 215 cm³/mol. The first-order chi connectivity index (χ1) is 25.1. The van der Waals surface area contributed by atoms with Gasteiger partial charge in [0.25, 0.3) is 0 Å². The minimum absolute atomic E-state index is 0.00452. The molecule has 302 valence electrons. The third-order valence-electron chi connectivity index (χ3n) is 9.80. The summed E-state index contributed by atoms with van der Waals surface area (Å²) in [5.74, 6) is -0.161. The Labute approximate surface area is 316 Å². The summed E-state index contributed by atoms with van der Waals surface area (Å²) in [5.41, 5.74) is 0. The van der Waals surface area contributed by atoms with Crippen LogP contribution < -0.4 is 0 Å². The van der Waals surface area contributed by atoms with Gasteiger partial charge >= 0.3 is 11.9 Å². The lowest BCUT2D eigenvalue weighted by atomic mass is 10.0. The second kappa shape index (κ2) is 41.3. The van der Waals surface area contributed by atoms with Crippen LogP contribution in [0.2, 0.25) is 0 Å². The molecular weight excluding hydrogens is 638 g/mol. The Bertz CT molecular complexity index is 744. The van der Waals surface area contributed by atoms with Gasteiger partial charge in [-0.25, -0.2) is 0 Å². The molecular formula is C44H85NO6. The number of rotatable bonds is 41. The van der Waals surface area contributed by atoms with E-state index in [2.05, 4.69) is 25.7 Å². The van der Waals surface area contributed by atoms with Crippen molar-refractivity contribution < 1.29 is 28.9 Å². The lowest BCUT2D eigenvalue weighted by Gasteiger charge is -2.21. The highest BCUT2D eigenvalue weighted by molar-refractivity contribution is 5.69. The molecule has 0 bridgehead atoms. The minimum atomic E-state index is -0.156. The van der Waals surface area contributed by atoms with E-state index in [-0.39, 0.29) is 24.6 Å². The van der Waals surface area contributed by atoms with E-state index in [4.69, 9.17) is 14.2 Å². The van der Waals surface area contributed by atoms with Gasteiger partial charge in [0.15, 0.2) is 0 Å². The zero-order chi connectivity index (χ0) is 37.3. The number of ether oxygens (including phenoxy) is 3. The van der Waals surface area contributed by atoms with Crippen LogP contribution in [0.4, 0.5) is 0 Å². The van der Waals surface area contributed by atoms with E-state index in [1.165, 1.54) is 109 Å². The van der Waals surface area contributed by atoms with Crippen molar-refractivity contribution in [1.29, 1.82) is 0 Å². The molecule has 0 saturated heterocycles. The summed E-state index contributed by atoms with van der Waals surface area (Å²) in [7, 11) is 0. The molecule has 7 heteroatoms. The van der Waals surface area contributed by atoms with Gasteiger partial charge in [0, 0.05) is 26.0 Å². The van der Waals surface area contributed by atoms with Gasteiger partial charge in [-0.2, -0.15) is 0 Å². The lowest BCUT2D eigenvalue weighted by Crippen LogP contribution is -2.29. The largest absolute Gasteiger partial charge is 0.462 e. The highest BCUT2D eigenvalue weighted by Crippen LogP contribution is 2.18. The van der Waals surface area contributed by atoms with Crippen molar-refractivity contribution in [3.05, 3.63) is 12.2 Å². The van der Waals surface area contributed by atoms with Gasteiger partial charge in [-0.15, -0.1) is 0 Å². The van der Waals surface area contributed by atoms with Crippen molar-refractivity contribution in [3.63, 3.8) is 0 Å². The summed E-state index contributed by atoms with van der Waals surface area (Å²) in [6.45, 7) is 11.1. The number of unbranched alkanes of at least 4 members (excludes halogenated alkanes) is 20. The zero-order valence-electron chi connectivity index (χ0n) is 34.1. The Morgan fingerprint density at radius 1 is 0.529 bits per heavy atom. The van der Waals surface area contributed by atoms with Crippen LogP contribution in [0.15, 0.2) is 12.2 Å². The molecule has 0 fully saturated rings. The monoisotopic (exact) mass is 724 g/mol. The van der Waals surface area contributed by atoms with Gasteiger partial charge in [-0.05, 0) is 77.0 Å². The third-order valence-corrected chi connectivity index (χ3v) is 9.80. The summed E-state index contributed by atoms with van der Waals surface area (Å²) in [6.07, 6.45) is 36.7. The van der Waals surface area contributed by atoms with Gasteiger partial charge in [0.05, 0.1) is 13.2 Å². The van der Waals surface area contributed by atoms with E-state index in [0.29, 0.717) is 32.6 Å². The molecule has 0 rings (SSSR count). The van der Waals surface area contributed by atoms with E-state index in [9.17, 15) is 14.7 Å². The van der Waals surface area contributed by atoms with Crippen LogP contribution in [0, 0.1) is 0 Å². The first-order valence-electron chi connectivity index (χ1n) is 22.0. The maximum absolute atomic E-state index is 12.7. The van der Waals surface area contributed by atoms with Crippen LogP contribution in [-0.4, -0.2) is 74.1 Å². The lowest BCUT2D eigenvalue weighted by molar-refractivity contribution is -0.150. The molecule has 0 aliphatic heterocycles. The van der Waals surface area contributed by atoms with E-state index in [1.807, 2.05) is 12.2 Å². The topological polar surface area (TPSA) is 85.3 Å². The minimum Gasteiger partial charge on any atom is -0.462 e. The number of carbonyl (C=O) groups is 2. The summed E-state index contributed by atoms with van der Waals surface area (Å²) in [4.78, 5) is 27.1. The van der Waals surface area contributed by atoms with Crippen molar-refractivity contribution in [2.24, 2.45) is 0 Å². The van der Waals surface area contributed by atoms with Crippen molar-refractivity contribution >= 4 is 11.9 Å². The maximum atomic E-state index is 12.7. The molecule has 0 aromatic heterocycles. The summed E-state index contributed by atoms with van der Waals surface area (Å²) in [6, 6.07) is 0. The van der Waals surface area contributed by atoms with Gasteiger partial charge in [-0.3, -0.25) is 9.59 Å². The van der Waals surface area contributed by atoms with Gasteiger partial charge in [0.2, 0.25) is 0 Å². The molecule has 1 N–H and O–H groups in total. The zero-order valence-corrected chi connectivity index (χ0v) is 34.1. The number of esters is 2. The van der Waals surface area contributed by atoms with Crippen LogP contribution in [0.5, 0.6) is 0 Å². The SMILES string of the molecule is CCCCCCCCOC/C=C\COC(=O)CCCCN(CCO)CCCCCCCC(=O)OC(CCCCCCCC)CCCCCCCC. The molecule has 0 aliphatic carbocycles. The second-order valence-corrected chi connectivity index (χ2v) is 14.8. The first kappa shape index (κ1) is 49.6. The van der Waals surface area contributed by atoms with Crippen LogP contribution in [0.25, 0.3) is 0 Å². The quantitative estimate of drug-likeness (QED) is 0.0382. The molecule has 0 radical (unpaired) electrons. The van der Waals surface area contributed by atoms with Crippen molar-refractivity contribution in [1.82, 2.24) is 4.90 Å². The van der Waals surface area contributed by atoms with E-state index in [1.54, 1.807) is 0 Å².